The molecule has 0 aliphatic heterocycles. The number of benzene rings is 1. The number of anilines is 1. The molecule has 1 aromatic heterocycles. The quantitative estimate of drug-likeness (QED) is 0.872. The molecule has 0 spiro atoms. The predicted octanol–water partition coefficient (Wildman–Crippen LogP) is 3.32. The minimum atomic E-state index is 0.409. The van der Waals surface area contributed by atoms with Gasteiger partial charge in [-0.05, 0) is 31.0 Å². The van der Waals surface area contributed by atoms with E-state index >= 15 is 0 Å². The Morgan fingerprint density at radius 1 is 1.47 bits per heavy atom. The van der Waals surface area contributed by atoms with E-state index in [9.17, 15) is 4.79 Å². The zero-order valence-electron chi connectivity index (χ0n) is 11.0. The van der Waals surface area contributed by atoms with Crippen molar-refractivity contribution in [3.63, 3.8) is 0 Å². The van der Waals surface area contributed by atoms with E-state index in [0.29, 0.717) is 28.6 Å². The largest absolute Gasteiger partial charge is 0.383 e. The van der Waals surface area contributed by atoms with Gasteiger partial charge in [0.15, 0.2) is 6.29 Å². The van der Waals surface area contributed by atoms with Crippen molar-refractivity contribution in [2.75, 3.05) is 5.73 Å². The molecule has 0 bridgehead atoms. The number of hydrogen-bond donors (Lipinski definition) is 1. The maximum atomic E-state index is 11.3. The highest BCUT2D eigenvalue weighted by atomic mass is 35.5. The van der Waals surface area contributed by atoms with Crippen LogP contribution in [0.2, 0.25) is 5.02 Å². The Balaban J connectivity index is 2.64. The van der Waals surface area contributed by atoms with Gasteiger partial charge in [0.1, 0.15) is 11.5 Å². The van der Waals surface area contributed by atoms with E-state index in [-0.39, 0.29) is 0 Å². The van der Waals surface area contributed by atoms with Crippen molar-refractivity contribution in [2.24, 2.45) is 0 Å². The zero-order chi connectivity index (χ0) is 14.0. The SMILES string of the molecule is CCCn1nc(-c2cc(Cl)ccc2C)c(C=O)c1N. The Labute approximate surface area is 117 Å². The Kier molecular flexibility index (Phi) is 3.90. The monoisotopic (exact) mass is 277 g/mol. The summed E-state index contributed by atoms with van der Waals surface area (Å²) >= 11 is 6.02. The summed E-state index contributed by atoms with van der Waals surface area (Å²) in [5.41, 5.74) is 8.84. The van der Waals surface area contributed by atoms with Crippen LogP contribution in [0.1, 0.15) is 29.3 Å². The fourth-order valence-electron chi connectivity index (χ4n) is 2.04. The minimum absolute atomic E-state index is 0.409. The molecule has 0 unspecified atom stereocenters. The van der Waals surface area contributed by atoms with Crippen molar-refractivity contribution in [3.8, 4) is 11.3 Å². The lowest BCUT2D eigenvalue weighted by Crippen LogP contribution is -2.04. The Morgan fingerprint density at radius 2 is 2.21 bits per heavy atom. The van der Waals surface area contributed by atoms with Crippen LogP contribution in [0.25, 0.3) is 11.3 Å². The summed E-state index contributed by atoms with van der Waals surface area (Å²) < 4.78 is 1.67. The second kappa shape index (κ2) is 5.45. The summed E-state index contributed by atoms with van der Waals surface area (Å²) in [4.78, 5) is 11.3. The number of nitrogens with two attached hydrogens (primary N) is 1. The molecule has 1 heterocycles. The maximum Gasteiger partial charge on any atom is 0.156 e. The molecule has 0 atom stereocenters. The van der Waals surface area contributed by atoms with Crippen LogP contribution in [-0.2, 0) is 6.54 Å². The number of nitrogen functional groups attached to an aromatic ring is 1. The number of aryl methyl sites for hydroxylation is 2. The van der Waals surface area contributed by atoms with Gasteiger partial charge in [-0.25, -0.2) is 4.68 Å². The molecule has 1 aromatic carbocycles. The van der Waals surface area contributed by atoms with Gasteiger partial charge in [-0.3, -0.25) is 4.79 Å². The van der Waals surface area contributed by atoms with Crippen LogP contribution in [0.3, 0.4) is 0 Å². The Hall–Kier alpha value is -1.81. The number of aldehydes is 1. The molecule has 100 valence electrons. The first-order valence-electron chi connectivity index (χ1n) is 6.16. The van der Waals surface area contributed by atoms with Crippen molar-refractivity contribution in [1.82, 2.24) is 9.78 Å². The van der Waals surface area contributed by atoms with Gasteiger partial charge >= 0.3 is 0 Å². The zero-order valence-corrected chi connectivity index (χ0v) is 11.7. The Bertz CT molecular complexity index is 619. The van der Waals surface area contributed by atoms with Gasteiger partial charge in [0.25, 0.3) is 0 Å². The van der Waals surface area contributed by atoms with Crippen LogP contribution in [0.15, 0.2) is 18.2 Å². The topological polar surface area (TPSA) is 60.9 Å². The standard InChI is InChI=1S/C14H16ClN3O/c1-3-6-18-14(16)12(8-19)13(17-18)11-7-10(15)5-4-9(11)2/h4-5,7-8H,3,6,16H2,1-2H3. The summed E-state index contributed by atoms with van der Waals surface area (Å²) in [5, 5.41) is 5.06. The van der Waals surface area contributed by atoms with Gasteiger partial charge in [-0.1, -0.05) is 24.6 Å². The van der Waals surface area contributed by atoms with Crippen molar-refractivity contribution in [1.29, 1.82) is 0 Å². The summed E-state index contributed by atoms with van der Waals surface area (Å²) in [7, 11) is 0. The number of carbonyl (C=O) groups is 1. The predicted molar refractivity (Wildman–Crippen MR) is 77.5 cm³/mol. The summed E-state index contributed by atoms with van der Waals surface area (Å²) in [6.45, 7) is 4.67. The Morgan fingerprint density at radius 3 is 2.84 bits per heavy atom. The van der Waals surface area contributed by atoms with Crippen molar-refractivity contribution in [3.05, 3.63) is 34.3 Å². The van der Waals surface area contributed by atoms with Crippen LogP contribution in [-0.4, -0.2) is 16.1 Å². The number of rotatable bonds is 4. The van der Waals surface area contributed by atoms with Crippen LogP contribution < -0.4 is 5.73 Å². The first-order chi connectivity index (χ1) is 9.08. The lowest BCUT2D eigenvalue weighted by molar-refractivity contribution is 0.112. The van der Waals surface area contributed by atoms with E-state index in [1.54, 1.807) is 4.68 Å². The van der Waals surface area contributed by atoms with Crippen molar-refractivity contribution >= 4 is 23.7 Å². The number of hydrogen-bond acceptors (Lipinski definition) is 3. The highest BCUT2D eigenvalue weighted by Gasteiger charge is 2.17. The highest BCUT2D eigenvalue weighted by Crippen LogP contribution is 2.30. The average molecular weight is 278 g/mol. The number of halogens is 1. The third kappa shape index (κ3) is 2.49. The van der Waals surface area contributed by atoms with E-state index in [0.717, 1.165) is 23.8 Å². The minimum Gasteiger partial charge on any atom is -0.383 e. The smallest absolute Gasteiger partial charge is 0.156 e. The van der Waals surface area contributed by atoms with Crippen molar-refractivity contribution in [2.45, 2.75) is 26.8 Å². The molecule has 0 saturated heterocycles. The lowest BCUT2D eigenvalue weighted by Gasteiger charge is -2.04. The van der Waals surface area contributed by atoms with E-state index in [1.807, 2.05) is 32.0 Å². The van der Waals surface area contributed by atoms with E-state index in [4.69, 9.17) is 17.3 Å². The molecular weight excluding hydrogens is 262 g/mol. The third-order valence-electron chi connectivity index (χ3n) is 3.04. The normalized spacial score (nSPS) is 10.7. The number of nitrogens with zero attached hydrogens (tertiary/aromatic N) is 2. The van der Waals surface area contributed by atoms with Crippen molar-refractivity contribution < 1.29 is 4.79 Å². The average Bonchev–Trinajstić information content (AvgIpc) is 2.70. The van der Waals surface area contributed by atoms with E-state index in [2.05, 4.69) is 5.10 Å². The molecule has 0 radical (unpaired) electrons. The molecule has 0 saturated carbocycles. The second-order valence-electron chi connectivity index (χ2n) is 4.45. The van der Waals surface area contributed by atoms with Gasteiger partial charge in [0.2, 0.25) is 0 Å². The van der Waals surface area contributed by atoms with Gasteiger partial charge in [0, 0.05) is 17.1 Å². The molecule has 5 heteroatoms. The molecule has 0 aliphatic carbocycles. The summed E-state index contributed by atoms with van der Waals surface area (Å²) in [6, 6.07) is 5.52. The van der Waals surface area contributed by atoms with Gasteiger partial charge < -0.3 is 5.73 Å². The van der Waals surface area contributed by atoms with Crippen LogP contribution in [0, 0.1) is 6.92 Å². The molecular formula is C14H16ClN3O. The van der Waals surface area contributed by atoms with Crippen LogP contribution in [0.4, 0.5) is 5.82 Å². The molecule has 2 aromatic rings. The third-order valence-corrected chi connectivity index (χ3v) is 3.27. The summed E-state index contributed by atoms with van der Waals surface area (Å²) in [6.07, 6.45) is 1.66. The van der Waals surface area contributed by atoms with Crippen LogP contribution >= 0.6 is 11.6 Å². The maximum absolute atomic E-state index is 11.3. The number of carbonyl (C=O) groups excluding carboxylic acids is 1. The fraction of sp³-hybridized carbons (Fsp3) is 0.286. The molecule has 0 fully saturated rings. The first-order valence-corrected chi connectivity index (χ1v) is 6.54. The lowest BCUT2D eigenvalue weighted by atomic mass is 10.0. The fourth-order valence-corrected chi connectivity index (χ4v) is 2.21. The molecule has 0 aliphatic rings. The molecule has 2 N–H and O–H groups in total. The van der Waals surface area contributed by atoms with Crippen LogP contribution in [0.5, 0.6) is 0 Å². The van der Waals surface area contributed by atoms with E-state index < -0.39 is 0 Å². The first kappa shape index (κ1) is 13.6. The molecule has 0 amide bonds. The second-order valence-corrected chi connectivity index (χ2v) is 4.88. The van der Waals surface area contributed by atoms with E-state index in [1.165, 1.54) is 0 Å². The molecule has 19 heavy (non-hydrogen) atoms. The van der Waals surface area contributed by atoms with Gasteiger partial charge in [-0.15, -0.1) is 0 Å². The van der Waals surface area contributed by atoms with Gasteiger partial charge in [-0.2, -0.15) is 5.10 Å². The highest BCUT2D eigenvalue weighted by molar-refractivity contribution is 6.30. The summed E-state index contributed by atoms with van der Waals surface area (Å²) in [5.74, 6) is 0.409. The molecule has 4 nitrogen and oxygen atoms in total. The van der Waals surface area contributed by atoms with Gasteiger partial charge in [0.05, 0.1) is 5.56 Å². The number of aromatic nitrogens is 2. The molecule has 2 rings (SSSR count).